The van der Waals surface area contributed by atoms with Crippen LogP contribution in [-0.2, 0) is 4.74 Å². The Balaban J connectivity index is 1.20. The van der Waals surface area contributed by atoms with Crippen molar-refractivity contribution < 1.29 is 27.8 Å². The van der Waals surface area contributed by atoms with Crippen LogP contribution in [0, 0.1) is 5.82 Å². The number of halogens is 3. The first-order valence-corrected chi connectivity index (χ1v) is 18.2. The molecule has 11 nitrogen and oxygen atoms in total. The smallest absolute Gasteiger partial charge is 0.410 e. The van der Waals surface area contributed by atoms with E-state index in [0.717, 1.165) is 37.6 Å². The predicted octanol–water partition coefficient (Wildman–Crippen LogP) is 6.73. The second-order valence-electron chi connectivity index (χ2n) is 15.7. The summed E-state index contributed by atoms with van der Waals surface area (Å²) in [6.45, 7) is 9.30. The zero-order chi connectivity index (χ0) is 35.4. The molecule has 0 saturated carbocycles. The van der Waals surface area contributed by atoms with Crippen molar-refractivity contribution in [3.05, 3.63) is 41.4 Å². The third-order valence-corrected chi connectivity index (χ3v) is 11.6. The van der Waals surface area contributed by atoms with E-state index in [2.05, 4.69) is 14.8 Å². The standard InChI is InChI=1S/C37H40ClF2N7O4/c1-19-31-25-10-9-22(47(25)35(48)51-36(2,3)4)17-46(31)32-27-30(43-34(44-32)49-18-37-11-6-12-45(37)16-21(39)13-37)28(40)29(42-33(27)50-19)23-15-41-14-20-7-5-8-24(38)26(20)23/h5,7-8,14-15,19,21-22,25,31H,6,9-13,16-18H2,1-4H3/t19-,21+,22+,25-,31+,37-/m0/s1. The van der Waals surface area contributed by atoms with Gasteiger partial charge in [0.05, 0.1) is 23.7 Å². The maximum atomic E-state index is 17.2. The Hall–Kier alpha value is -4.10. The Labute approximate surface area is 299 Å². The summed E-state index contributed by atoms with van der Waals surface area (Å²) in [5.74, 6) is -0.0835. The molecule has 0 unspecified atom stereocenters. The number of hydrogen-bond acceptors (Lipinski definition) is 10. The van der Waals surface area contributed by atoms with Crippen LogP contribution >= 0.6 is 11.6 Å². The van der Waals surface area contributed by atoms with Crippen LogP contribution in [0.1, 0.15) is 59.8 Å². The molecule has 4 saturated heterocycles. The normalized spacial score (nSPS) is 28.5. The summed E-state index contributed by atoms with van der Waals surface area (Å²) >= 11 is 6.69. The summed E-state index contributed by atoms with van der Waals surface area (Å²) in [5, 5.41) is 2.09. The number of anilines is 1. The van der Waals surface area contributed by atoms with Gasteiger partial charge in [0.2, 0.25) is 5.88 Å². The van der Waals surface area contributed by atoms with Crippen molar-refractivity contribution in [3.8, 4) is 23.1 Å². The molecule has 2 bridgehead atoms. The molecule has 14 heteroatoms. The average Bonchev–Trinajstić information content (AvgIpc) is 3.69. The van der Waals surface area contributed by atoms with E-state index < -0.39 is 29.2 Å². The zero-order valence-corrected chi connectivity index (χ0v) is 29.8. The maximum absolute atomic E-state index is 17.2. The molecule has 0 aliphatic carbocycles. The second-order valence-corrected chi connectivity index (χ2v) is 16.1. The number of piperazine rings is 1. The molecule has 0 N–H and O–H groups in total. The van der Waals surface area contributed by atoms with Crippen molar-refractivity contribution in [2.75, 3.05) is 31.1 Å². The fraction of sp³-hybridized carbons (Fsp3) is 0.541. The number of alkyl halides is 1. The Kier molecular flexibility index (Phi) is 7.53. The minimum Gasteiger partial charge on any atom is -0.472 e. The summed E-state index contributed by atoms with van der Waals surface area (Å²) in [6.07, 6.45) is 5.07. The van der Waals surface area contributed by atoms with Crippen LogP contribution in [0.25, 0.3) is 32.9 Å². The summed E-state index contributed by atoms with van der Waals surface area (Å²) in [4.78, 5) is 38.6. The Bertz CT molecular complexity index is 2080. The quantitative estimate of drug-likeness (QED) is 0.226. The van der Waals surface area contributed by atoms with Crippen LogP contribution < -0.4 is 14.4 Å². The van der Waals surface area contributed by atoms with Gasteiger partial charge >= 0.3 is 12.1 Å². The molecular formula is C37H40ClF2N7O4. The first kappa shape index (κ1) is 32.8. The number of hydrogen-bond donors (Lipinski definition) is 0. The first-order chi connectivity index (χ1) is 24.4. The van der Waals surface area contributed by atoms with Crippen molar-refractivity contribution in [1.82, 2.24) is 29.7 Å². The monoisotopic (exact) mass is 719 g/mol. The molecule has 5 aliphatic rings. The molecule has 268 valence electrons. The van der Waals surface area contributed by atoms with Gasteiger partial charge in [-0.2, -0.15) is 9.97 Å². The minimum atomic E-state index is -0.929. The highest BCUT2D eigenvalue weighted by Crippen LogP contribution is 2.48. The van der Waals surface area contributed by atoms with Crippen molar-refractivity contribution in [2.45, 2.75) is 101 Å². The summed E-state index contributed by atoms with van der Waals surface area (Å²) < 4.78 is 50.8. The van der Waals surface area contributed by atoms with Gasteiger partial charge in [-0.1, -0.05) is 23.7 Å². The molecule has 1 amide bonds. The van der Waals surface area contributed by atoms with Crippen molar-refractivity contribution in [1.29, 1.82) is 0 Å². The van der Waals surface area contributed by atoms with E-state index in [4.69, 9.17) is 40.8 Å². The molecule has 0 radical (unpaired) electrons. The van der Waals surface area contributed by atoms with Gasteiger partial charge in [0.15, 0.2) is 5.82 Å². The van der Waals surface area contributed by atoms with E-state index in [1.165, 1.54) is 0 Å². The van der Waals surface area contributed by atoms with Crippen molar-refractivity contribution in [2.24, 2.45) is 0 Å². The topological polar surface area (TPSA) is 106 Å². The van der Waals surface area contributed by atoms with E-state index in [1.54, 1.807) is 18.5 Å². The van der Waals surface area contributed by atoms with Crippen LogP contribution in [0.3, 0.4) is 0 Å². The van der Waals surface area contributed by atoms with Crippen LogP contribution in [0.2, 0.25) is 5.02 Å². The highest BCUT2D eigenvalue weighted by atomic mass is 35.5. The number of fused-ring (bicyclic) bond motifs is 7. The summed E-state index contributed by atoms with van der Waals surface area (Å²) in [5.41, 5.74) is -0.745. The number of ether oxygens (including phenoxy) is 3. The van der Waals surface area contributed by atoms with Gasteiger partial charge in [-0.3, -0.25) is 14.8 Å². The fourth-order valence-electron chi connectivity index (χ4n) is 9.28. The molecule has 9 rings (SSSR count). The number of carbonyl (C=O) groups excluding carboxylic acids is 1. The van der Waals surface area contributed by atoms with E-state index in [1.807, 2.05) is 44.7 Å². The first-order valence-electron chi connectivity index (χ1n) is 17.8. The largest absolute Gasteiger partial charge is 0.472 e. The molecule has 4 aromatic rings. The summed E-state index contributed by atoms with van der Waals surface area (Å²) in [7, 11) is 0. The molecule has 8 heterocycles. The van der Waals surface area contributed by atoms with Crippen LogP contribution in [-0.4, -0.2) is 104 Å². The van der Waals surface area contributed by atoms with Gasteiger partial charge in [0.25, 0.3) is 0 Å². The molecule has 51 heavy (non-hydrogen) atoms. The molecule has 5 aliphatic heterocycles. The molecule has 6 atom stereocenters. The van der Waals surface area contributed by atoms with Gasteiger partial charge in [-0.15, -0.1) is 0 Å². The number of benzene rings is 1. The van der Waals surface area contributed by atoms with Gasteiger partial charge in [-0.05, 0) is 66.0 Å². The Morgan fingerprint density at radius 1 is 1.14 bits per heavy atom. The number of aromatic nitrogens is 4. The van der Waals surface area contributed by atoms with Crippen LogP contribution in [0.5, 0.6) is 11.9 Å². The van der Waals surface area contributed by atoms with Gasteiger partial charge < -0.3 is 19.1 Å². The fourth-order valence-corrected chi connectivity index (χ4v) is 9.56. The zero-order valence-electron chi connectivity index (χ0n) is 29.0. The average molecular weight is 720 g/mol. The molecule has 3 aromatic heterocycles. The second kappa shape index (κ2) is 11.7. The minimum absolute atomic E-state index is 0.00710. The van der Waals surface area contributed by atoms with E-state index in [0.29, 0.717) is 46.7 Å². The molecule has 1 aromatic carbocycles. The lowest BCUT2D eigenvalue weighted by Gasteiger charge is -2.48. The highest BCUT2D eigenvalue weighted by molar-refractivity contribution is 6.36. The number of pyridine rings is 2. The van der Waals surface area contributed by atoms with Crippen molar-refractivity contribution >= 4 is 45.2 Å². The van der Waals surface area contributed by atoms with E-state index in [9.17, 15) is 9.18 Å². The number of nitrogens with zero attached hydrogens (tertiary/aromatic N) is 7. The lowest BCUT2D eigenvalue weighted by Crippen LogP contribution is -2.65. The molecule has 0 spiro atoms. The van der Waals surface area contributed by atoms with Gasteiger partial charge in [0, 0.05) is 53.3 Å². The maximum Gasteiger partial charge on any atom is 0.410 e. The number of rotatable bonds is 4. The summed E-state index contributed by atoms with van der Waals surface area (Å²) in [6, 6.07) is 4.63. The lowest BCUT2D eigenvalue weighted by molar-refractivity contribution is 0.000938. The Morgan fingerprint density at radius 3 is 2.80 bits per heavy atom. The Morgan fingerprint density at radius 2 is 1.98 bits per heavy atom. The van der Waals surface area contributed by atoms with Crippen molar-refractivity contribution in [3.63, 3.8) is 0 Å². The predicted molar refractivity (Wildman–Crippen MR) is 188 cm³/mol. The third-order valence-electron chi connectivity index (χ3n) is 11.3. The van der Waals surface area contributed by atoms with Crippen LogP contribution in [0.15, 0.2) is 30.6 Å². The molecular weight excluding hydrogens is 680 g/mol. The number of amides is 1. The highest BCUT2D eigenvalue weighted by Gasteiger charge is 2.54. The molecule has 4 fully saturated rings. The van der Waals surface area contributed by atoms with Gasteiger partial charge in [0.1, 0.15) is 46.9 Å². The van der Waals surface area contributed by atoms with Gasteiger partial charge in [-0.25, -0.2) is 18.6 Å². The number of carbonyl (C=O) groups is 1. The van der Waals surface area contributed by atoms with E-state index >= 15 is 4.39 Å². The van der Waals surface area contributed by atoms with E-state index in [-0.39, 0.29) is 53.9 Å². The third kappa shape index (κ3) is 5.24. The SMILES string of the molecule is C[C@@H]1Oc2nc(-c3cncc4cccc(Cl)c34)c(F)c3nc(OC[C@@]45CCCN4C[C@H](F)C5)nc(c23)N2C[C@H]3CC[C@@H]([C@@H]12)N3C(=O)OC(C)(C)C. The van der Waals surface area contributed by atoms with Crippen LogP contribution in [0.4, 0.5) is 19.4 Å². The lowest BCUT2D eigenvalue weighted by atomic mass is 9.95.